The molecule has 1 aromatic heterocycles. The molecule has 0 saturated heterocycles. The lowest BCUT2D eigenvalue weighted by Gasteiger charge is -2.21. The van der Waals surface area contributed by atoms with Crippen molar-refractivity contribution in [3.05, 3.63) is 88.0 Å². The van der Waals surface area contributed by atoms with Crippen LogP contribution in [0, 0.1) is 6.92 Å². The number of hydrogen-bond acceptors (Lipinski definition) is 7. The first-order valence-corrected chi connectivity index (χ1v) is 12.7. The average Bonchev–Trinajstić information content (AvgIpc) is 3.27. The number of carboxylic acid groups (broad SMARTS) is 1. The highest BCUT2D eigenvalue weighted by Crippen LogP contribution is 2.35. The number of methoxy groups -OCH3 is 1. The smallest absolute Gasteiger partial charge is 0.335 e. The molecule has 0 amide bonds. The molecule has 9 heteroatoms. The highest BCUT2D eigenvalue weighted by molar-refractivity contribution is 7.80. The van der Waals surface area contributed by atoms with Crippen LogP contribution in [0.5, 0.6) is 0 Å². The van der Waals surface area contributed by atoms with E-state index in [-0.39, 0.29) is 18.0 Å². The Morgan fingerprint density at radius 1 is 1.03 bits per heavy atom. The van der Waals surface area contributed by atoms with Crippen LogP contribution in [0.4, 0.5) is 0 Å². The van der Waals surface area contributed by atoms with Gasteiger partial charge >= 0.3 is 11.9 Å². The first-order valence-electron chi connectivity index (χ1n) is 12.3. The van der Waals surface area contributed by atoms with Crippen LogP contribution in [-0.4, -0.2) is 43.9 Å². The average molecular weight is 531 g/mol. The molecule has 0 radical (unpaired) electrons. The Morgan fingerprint density at radius 2 is 1.61 bits per heavy atom. The van der Waals surface area contributed by atoms with Gasteiger partial charge in [-0.15, -0.1) is 10.2 Å². The Kier molecular flexibility index (Phi) is 7.87. The molecule has 196 valence electrons. The van der Waals surface area contributed by atoms with Crippen molar-refractivity contribution < 1.29 is 19.4 Å². The number of thiocarbonyl (C=S) groups is 1. The first-order chi connectivity index (χ1) is 18.2. The van der Waals surface area contributed by atoms with Crippen molar-refractivity contribution >= 4 is 34.8 Å². The summed E-state index contributed by atoms with van der Waals surface area (Å²) in [6.07, 6.45) is 0.910. The number of carbonyl (C=O) groups is 2. The fraction of sp³-hybridized carbons (Fsp3) is 0.276. The number of benzene rings is 2. The maximum atomic E-state index is 12.4. The van der Waals surface area contributed by atoms with Crippen LogP contribution >= 0.6 is 12.2 Å². The maximum absolute atomic E-state index is 12.4. The van der Waals surface area contributed by atoms with E-state index in [1.54, 1.807) is 24.3 Å². The standard InChI is InChI=1S/C29H30N4O4S/c1-6-16(2)17(3)25-26(21-11-7-19(8-12-21)20-9-13-22(14-10-20)29(35)36)30-23(15-24(34)37-5)27-32-31-18(4)33(27)28(25)38/h7-14,23,30H,6,15H2,1-5H3,(H,35,36)/b17-16-/t23-/m0/s1. The molecule has 8 nitrogen and oxygen atoms in total. The largest absolute Gasteiger partial charge is 0.478 e. The van der Waals surface area contributed by atoms with Gasteiger partial charge in [0, 0.05) is 5.57 Å². The number of nitrogens with one attached hydrogen (secondary N) is 1. The topological polar surface area (TPSA) is 106 Å². The predicted octanol–water partition coefficient (Wildman–Crippen LogP) is 5.49. The molecular formula is C29H30N4O4S. The summed E-state index contributed by atoms with van der Waals surface area (Å²) in [7, 11) is 1.36. The fourth-order valence-corrected chi connectivity index (χ4v) is 4.95. The summed E-state index contributed by atoms with van der Waals surface area (Å²) < 4.78 is 6.81. The highest BCUT2D eigenvalue weighted by Gasteiger charge is 2.32. The van der Waals surface area contributed by atoms with Crippen molar-refractivity contribution in [1.29, 1.82) is 0 Å². The van der Waals surface area contributed by atoms with Crippen LogP contribution in [0.1, 0.15) is 67.2 Å². The van der Waals surface area contributed by atoms with Gasteiger partial charge in [-0.1, -0.05) is 61.1 Å². The molecule has 4 rings (SSSR count). The van der Waals surface area contributed by atoms with Crippen molar-refractivity contribution in [1.82, 2.24) is 20.1 Å². The van der Waals surface area contributed by atoms with Crippen LogP contribution in [-0.2, 0) is 9.53 Å². The van der Waals surface area contributed by atoms with Gasteiger partial charge in [0.05, 0.1) is 30.8 Å². The van der Waals surface area contributed by atoms with Gasteiger partial charge in [-0.3, -0.25) is 9.36 Å². The third-order valence-corrected chi connectivity index (χ3v) is 7.32. The lowest BCUT2D eigenvalue weighted by molar-refractivity contribution is -0.141. The molecule has 1 aliphatic heterocycles. The predicted molar refractivity (Wildman–Crippen MR) is 150 cm³/mol. The number of aromatic carboxylic acids is 1. The number of ether oxygens (including phenoxy) is 1. The number of fused-ring (bicyclic) bond motifs is 1. The molecule has 0 saturated carbocycles. The van der Waals surface area contributed by atoms with Gasteiger partial charge in [-0.05, 0) is 61.6 Å². The maximum Gasteiger partial charge on any atom is 0.335 e. The summed E-state index contributed by atoms with van der Waals surface area (Å²) in [5.74, 6) is -0.134. The Bertz CT molecular complexity index is 1470. The molecule has 2 N–H and O–H groups in total. The minimum Gasteiger partial charge on any atom is -0.478 e. The van der Waals surface area contributed by atoms with Crippen molar-refractivity contribution in [2.45, 2.75) is 46.6 Å². The fourth-order valence-electron chi connectivity index (χ4n) is 4.47. The van der Waals surface area contributed by atoms with Gasteiger partial charge < -0.3 is 15.2 Å². The zero-order chi connectivity index (χ0) is 27.6. The minimum absolute atomic E-state index is 0.0531. The molecule has 1 aliphatic rings. The van der Waals surface area contributed by atoms with E-state index in [4.69, 9.17) is 17.0 Å². The zero-order valence-electron chi connectivity index (χ0n) is 22.0. The van der Waals surface area contributed by atoms with Crippen LogP contribution in [0.3, 0.4) is 0 Å². The normalized spacial score (nSPS) is 15.8. The number of rotatable bonds is 7. The molecular weight excluding hydrogens is 500 g/mol. The summed E-state index contributed by atoms with van der Waals surface area (Å²) >= 11 is 6.05. The number of carboxylic acids is 1. The third kappa shape index (κ3) is 5.15. The van der Waals surface area contributed by atoms with Crippen molar-refractivity contribution in [3.63, 3.8) is 0 Å². The van der Waals surface area contributed by atoms with E-state index in [9.17, 15) is 14.7 Å². The van der Waals surface area contributed by atoms with E-state index in [2.05, 4.69) is 36.3 Å². The van der Waals surface area contributed by atoms with Gasteiger partial charge in [-0.2, -0.15) is 0 Å². The van der Waals surface area contributed by atoms with Crippen LogP contribution in [0.15, 0.2) is 65.3 Å². The third-order valence-electron chi connectivity index (χ3n) is 6.93. The van der Waals surface area contributed by atoms with Gasteiger partial charge in [0.2, 0.25) is 0 Å². The second-order valence-electron chi connectivity index (χ2n) is 9.19. The number of hydrogen-bond donors (Lipinski definition) is 2. The Balaban J connectivity index is 1.87. The molecule has 0 bridgehead atoms. The van der Waals surface area contributed by atoms with E-state index in [1.165, 1.54) is 12.7 Å². The number of carbonyl (C=O) groups excluding carboxylic acids is 1. The summed E-state index contributed by atoms with van der Waals surface area (Å²) in [4.78, 5) is 24.1. The Hall–Kier alpha value is -4.11. The minimum atomic E-state index is -0.959. The number of aryl methyl sites for hydroxylation is 1. The van der Waals surface area contributed by atoms with Gasteiger partial charge in [0.25, 0.3) is 0 Å². The van der Waals surface area contributed by atoms with Crippen molar-refractivity contribution in [3.8, 4) is 11.1 Å². The van der Waals surface area contributed by atoms with E-state index in [0.717, 1.165) is 40.0 Å². The van der Waals surface area contributed by atoms with Crippen LogP contribution in [0.2, 0.25) is 0 Å². The molecule has 0 aliphatic carbocycles. The summed E-state index contributed by atoms with van der Waals surface area (Å²) in [5.41, 5.74) is 6.87. The number of aromatic nitrogens is 3. The summed E-state index contributed by atoms with van der Waals surface area (Å²) in [6.45, 7) is 8.09. The van der Waals surface area contributed by atoms with Crippen LogP contribution < -0.4 is 5.32 Å². The van der Waals surface area contributed by atoms with Crippen molar-refractivity contribution in [2.75, 3.05) is 7.11 Å². The van der Waals surface area contributed by atoms with Crippen LogP contribution in [0.25, 0.3) is 16.8 Å². The molecule has 2 heterocycles. The molecule has 1 atom stereocenters. The SMILES string of the molecule is CC/C(C)=C(/C)C1=C(c2ccc(-c3ccc(C(=O)O)cc3)cc2)N[C@@H](CC(=O)OC)c2nnc(C)n2C1=S. The lowest BCUT2D eigenvalue weighted by Crippen LogP contribution is -2.25. The summed E-state index contributed by atoms with van der Waals surface area (Å²) in [5, 5.41) is 21.4. The lowest BCUT2D eigenvalue weighted by atomic mass is 9.94. The summed E-state index contributed by atoms with van der Waals surface area (Å²) in [6, 6.07) is 14.2. The highest BCUT2D eigenvalue weighted by atomic mass is 32.1. The first kappa shape index (κ1) is 26.9. The second-order valence-corrected chi connectivity index (χ2v) is 9.58. The molecule has 0 spiro atoms. The molecule has 0 fully saturated rings. The number of esters is 1. The van der Waals surface area contributed by atoms with E-state index >= 15 is 0 Å². The van der Waals surface area contributed by atoms with Crippen molar-refractivity contribution in [2.24, 2.45) is 0 Å². The molecule has 3 aromatic rings. The quantitative estimate of drug-likeness (QED) is 0.305. The molecule has 0 unspecified atom stereocenters. The van der Waals surface area contributed by atoms with Gasteiger partial charge in [0.15, 0.2) is 5.82 Å². The molecule has 2 aromatic carbocycles. The Labute approximate surface area is 227 Å². The zero-order valence-corrected chi connectivity index (χ0v) is 22.8. The molecule has 38 heavy (non-hydrogen) atoms. The van der Waals surface area contributed by atoms with E-state index < -0.39 is 12.0 Å². The second kappa shape index (κ2) is 11.1. The Morgan fingerprint density at radius 3 is 2.16 bits per heavy atom. The monoisotopic (exact) mass is 530 g/mol. The number of allylic oxidation sites excluding steroid dienone is 3. The number of nitrogens with zero attached hydrogens (tertiary/aromatic N) is 3. The van der Waals surface area contributed by atoms with E-state index in [1.807, 2.05) is 35.8 Å². The van der Waals surface area contributed by atoms with Gasteiger partial charge in [0.1, 0.15) is 10.8 Å². The van der Waals surface area contributed by atoms with Gasteiger partial charge in [-0.25, -0.2) is 4.79 Å². The van der Waals surface area contributed by atoms with E-state index in [0.29, 0.717) is 16.6 Å².